The molecule has 0 aliphatic heterocycles. The third-order valence-corrected chi connectivity index (χ3v) is 5.21. The molecule has 1 aromatic heterocycles. The van der Waals surface area contributed by atoms with Crippen molar-refractivity contribution in [2.45, 2.75) is 32.9 Å². The summed E-state index contributed by atoms with van der Waals surface area (Å²) in [7, 11) is 0. The average Bonchev–Trinajstić information content (AvgIpc) is 2.69. The number of halogens is 3. The zero-order valence-corrected chi connectivity index (χ0v) is 15.3. The fourth-order valence-corrected chi connectivity index (χ4v) is 3.35. The normalized spacial score (nSPS) is 12.7. The summed E-state index contributed by atoms with van der Waals surface area (Å²) in [5, 5.41) is 5.18. The van der Waals surface area contributed by atoms with Crippen molar-refractivity contribution in [2.75, 3.05) is 0 Å². The molecule has 3 nitrogen and oxygen atoms in total. The van der Waals surface area contributed by atoms with Gasteiger partial charge in [-0.3, -0.25) is 4.68 Å². The predicted molar refractivity (Wildman–Crippen MR) is 90.1 cm³/mol. The molecule has 1 unspecified atom stereocenters. The first-order valence-electron chi connectivity index (χ1n) is 6.36. The van der Waals surface area contributed by atoms with Gasteiger partial charge in [0, 0.05) is 28.5 Å². The Morgan fingerprint density at radius 2 is 2.10 bits per heavy atom. The van der Waals surface area contributed by atoms with Crippen LogP contribution < -0.4 is 5.73 Å². The van der Waals surface area contributed by atoms with Gasteiger partial charge in [0.1, 0.15) is 0 Å². The summed E-state index contributed by atoms with van der Waals surface area (Å²) in [5.41, 5.74) is 9.45. The Labute approximate surface area is 140 Å². The fraction of sp³-hybridized carbons (Fsp3) is 0.357. The molecule has 1 atom stereocenters. The maximum Gasteiger partial charge on any atom is 0.0738 e. The summed E-state index contributed by atoms with van der Waals surface area (Å²) in [6, 6.07) is 5.54. The lowest BCUT2D eigenvalue weighted by Crippen LogP contribution is -2.17. The predicted octanol–water partition coefficient (Wildman–Crippen LogP) is 4.63. The Morgan fingerprint density at radius 1 is 1.40 bits per heavy atom. The van der Waals surface area contributed by atoms with Crippen LogP contribution in [0, 0.1) is 6.92 Å². The quantitative estimate of drug-likeness (QED) is 0.782. The molecule has 0 saturated carbocycles. The van der Waals surface area contributed by atoms with Crippen LogP contribution >= 0.6 is 43.5 Å². The second-order valence-corrected chi connectivity index (χ2v) is 6.72. The first-order valence-corrected chi connectivity index (χ1v) is 8.32. The standard InChI is InChI=1S/C14H16Br2ClN3/c1-3-20-13(14(16)8(2)19-20)7-12(18)10-6-9(17)4-5-11(10)15/h4-6,12H,3,7,18H2,1-2H3. The van der Waals surface area contributed by atoms with Gasteiger partial charge in [-0.05, 0) is 53.5 Å². The molecule has 2 aromatic rings. The minimum atomic E-state index is -0.138. The van der Waals surface area contributed by atoms with Gasteiger partial charge in [0.25, 0.3) is 0 Å². The fourth-order valence-electron chi connectivity index (χ4n) is 2.18. The largest absolute Gasteiger partial charge is 0.324 e. The summed E-state index contributed by atoms with van der Waals surface area (Å²) >= 11 is 13.2. The van der Waals surface area contributed by atoms with E-state index >= 15 is 0 Å². The number of benzene rings is 1. The van der Waals surface area contributed by atoms with Crippen LogP contribution in [-0.2, 0) is 13.0 Å². The molecular weight excluding hydrogens is 405 g/mol. The van der Waals surface area contributed by atoms with E-state index in [0.717, 1.165) is 32.4 Å². The molecule has 0 aliphatic carbocycles. The van der Waals surface area contributed by atoms with Crippen LogP contribution in [-0.4, -0.2) is 9.78 Å². The molecule has 1 aromatic carbocycles. The van der Waals surface area contributed by atoms with Crippen LogP contribution in [0.25, 0.3) is 0 Å². The molecule has 0 saturated heterocycles. The highest BCUT2D eigenvalue weighted by atomic mass is 79.9. The summed E-state index contributed by atoms with van der Waals surface area (Å²) in [6.45, 7) is 4.88. The van der Waals surface area contributed by atoms with Gasteiger partial charge in [0.15, 0.2) is 0 Å². The molecular formula is C14H16Br2ClN3. The summed E-state index contributed by atoms with van der Waals surface area (Å²) in [4.78, 5) is 0. The van der Waals surface area contributed by atoms with E-state index in [1.54, 1.807) is 0 Å². The van der Waals surface area contributed by atoms with Gasteiger partial charge in [0.2, 0.25) is 0 Å². The molecule has 0 amide bonds. The number of rotatable bonds is 4. The molecule has 0 fully saturated rings. The Bertz CT molecular complexity index is 625. The zero-order valence-electron chi connectivity index (χ0n) is 11.3. The number of aryl methyl sites for hydroxylation is 2. The molecule has 1 heterocycles. The Morgan fingerprint density at radius 3 is 2.75 bits per heavy atom. The van der Waals surface area contributed by atoms with Crippen LogP contribution in [0.1, 0.15) is 29.9 Å². The second kappa shape index (κ2) is 6.60. The van der Waals surface area contributed by atoms with Crippen LogP contribution in [0.3, 0.4) is 0 Å². The van der Waals surface area contributed by atoms with Gasteiger partial charge >= 0.3 is 0 Å². The minimum Gasteiger partial charge on any atom is -0.324 e. The first kappa shape index (κ1) is 16.0. The maximum atomic E-state index is 6.35. The molecule has 2 rings (SSSR count). The van der Waals surface area contributed by atoms with Gasteiger partial charge in [0.05, 0.1) is 15.9 Å². The lowest BCUT2D eigenvalue weighted by atomic mass is 10.0. The van der Waals surface area contributed by atoms with E-state index in [0.29, 0.717) is 11.4 Å². The lowest BCUT2D eigenvalue weighted by molar-refractivity contribution is 0.585. The van der Waals surface area contributed by atoms with E-state index in [4.69, 9.17) is 17.3 Å². The van der Waals surface area contributed by atoms with Crippen molar-refractivity contribution in [1.29, 1.82) is 0 Å². The molecule has 2 N–H and O–H groups in total. The van der Waals surface area contributed by atoms with Crippen molar-refractivity contribution >= 4 is 43.5 Å². The highest BCUT2D eigenvalue weighted by Crippen LogP contribution is 2.30. The number of hydrogen-bond donors (Lipinski definition) is 1. The number of hydrogen-bond acceptors (Lipinski definition) is 2. The Kier molecular flexibility index (Phi) is 5.29. The van der Waals surface area contributed by atoms with Crippen molar-refractivity contribution in [3.63, 3.8) is 0 Å². The van der Waals surface area contributed by atoms with Gasteiger partial charge in [-0.1, -0.05) is 27.5 Å². The molecule has 6 heteroatoms. The van der Waals surface area contributed by atoms with Gasteiger partial charge in [-0.25, -0.2) is 0 Å². The van der Waals surface area contributed by atoms with Crippen LogP contribution in [0.4, 0.5) is 0 Å². The van der Waals surface area contributed by atoms with E-state index in [-0.39, 0.29) is 6.04 Å². The first-order chi connectivity index (χ1) is 9.43. The highest BCUT2D eigenvalue weighted by Gasteiger charge is 2.18. The average molecular weight is 422 g/mol. The minimum absolute atomic E-state index is 0.138. The van der Waals surface area contributed by atoms with E-state index in [2.05, 4.69) is 43.9 Å². The van der Waals surface area contributed by atoms with Gasteiger partial charge in [-0.15, -0.1) is 0 Å². The van der Waals surface area contributed by atoms with Gasteiger partial charge < -0.3 is 5.73 Å². The Balaban J connectivity index is 2.32. The molecule has 0 radical (unpaired) electrons. The third kappa shape index (κ3) is 3.27. The second-order valence-electron chi connectivity index (χ2n) is 4.64. The lowest BCUT2D eigenvalue weighted by Gasteiger charge is -2.15. The van der Waals surface area contributed by atoms with E-state index in [9.17, 15) is 0 Å². The molecule has 20 heavy (non-hydrogen) atoms. The van der Waals surface area contributed by atoms with Crippen LogP contribution in [0.5, 0.6) is 0 Å². The topological polar surface area (TPSA) is 43.8 Å². The molecule has 108 valence electrons. The number of nitrogens with zero attached hydrogens (tertiary/aromatic N) is 2. The van der Waals surface area contributed by atoms with Gasteiger partial charge in [-0.2, -0.15) is 5.10 Å². The monoisotopic (exact) mass is 419 g/mol. The van der Waals surface area contributed by atoms with E-state index in [1.807, 2.05) is 29.8 Å². The molecule has 0 bridgehead atoms. The van der Waals surface area contributed by atoms with E-state index < -0.39 is 0 Å². The highest BCUT2D eigenvalue weighted by molar-refractivity contribution is 9.10. The molecule has 0 aliphatic rings. The number of aromatic nitrogens is 2. The zero-order chi connectivity index (χ0) is 14.9. The number of nitrogens with two attached hydrogens (primary N) is 1. The summed E-state index contributed by atoms with van der Waals surface area (Å²) in [5.74, 6) is 0. The van der Waals surface area contributed by atoms with Crippen molar-refractivity contribution in [3.8, 4) is 0 Å². The smallest absolute Gasteiger partial charge is 0.0738 e. The van der Waals surface area contributed by atoms with Crippen molar-refractivity contribution in [3.05, 3.63) is 49.1 Å². The third-order valence-electron chi connectivity index (χ3n) is 3.22. The van der Waals surface area contributed by atoms with Crippen LogP contribution in [0.2, 0.25) is 5.02 Å². The van der Waals surface area contributed by atoms with Crippen molar-refractivity contribution in [1.82, 2.24) is 9.78 Å². The molecule has 0 spiro atoms. The SMILES string of the molecule is CCn1nc(C)c(Br)c1CC(N)c1cc(Cl)ccc1Br. The van der Waals surface area contributed by atoms with Crippen LogP contribution in [0.15, 0.2) is 27.1 Å². The van der Waals surface area contributed by atoms with Crippen molar-refractivity contribution in [2.24, 2.45) is 5.73 Å². The van der Waals surface area contributed by atoms with E-state index in [1.165, 1.54) is 0 Å². The maximum absolute atomic E-state index is 6.35. The van der Waals surface area contributed by atoms with Crippen molar-refractivity contribution < 1.29 is 0 Å². The Hall–Kier alpha value is -0.360. The summed E-state index contributed by atoms with van der Waals surface area (Å²) in [6.07, 6.45) is 0.703. The summed E-state index contributed by atoms with van der Waals surface area (Å²) < 4.78 is 4.00.